The van der Waals surface area contributed by atoms with Gasteiger partial charge in [0.25, 0.3) is 0 Å². The van der Waals surface area contributed by atoms with E-state index in [-0.39, 0.29) is 18.1 Å². The van der Waals surface area contributed by atoms with E-state index in [1.54, 1.807) is 30.0 Å². The van der Waals surface area contributed by atoms with Crippen molar-refractivity contribution < 1.29 is 18.7 Å². The SMILES string of the molecule is CN(C)c1ccc(C(=O)OCCN2CCCC2=O)c(F)c1. The minimum Gasteiger partial charge on any atom is -0.460 e. The third-order valence-corrected chi connectivity index (χ3v) is 3.45. The monoisotopic (exact) mass is 294 g/mol. The lowest BCUT2D eigenvalue weighted by Gasteiger charge is -2.16. The van der Waals surface area contributed by atoms with Crippen LogP contribution in [0.15, 0.2) is 18.2 Å². The number of nitrogens with zero attached hydrogens (tertiary/aromatic N) is 2. The molecule has 0 radical (unpaired) electrons. The van der Waals surface area contributed by atoms with Gasteiger partial charge in [-0.1, -0.05) is 0 Å². The Morgan fingerprint density at radius 2 is 2.19 bits per heavy atom. The standard InChI is InChI=1S/C15H19FN2O3/c1-17(2)11-5-6-12(13(16)10-11)15(20)21-9-8-18-7-3-4-14(18)19/h5-6,10H,3-4,7-9H2,1-2H3. The Balaban J connectivity index is 1.89. The van der Waals surface area contributed by atoms with Crippen molar-refractivity contribution in [3.05, 3.63) is 29.6 Å². The van der Waals surface area contributed by atoms with Crippen LogP contribution in [0.4, 0.5) is 10.1 Å². The summed E-state index contributed by atoms with van der Waals surface area (Å²) in [7, 11) is 3.58. The smallest absolute Gasteiger partial charge is 0.341 e. The zero-order chi connectivity index (χ0) is 15.4. The van der Waals surface area contributed by atoms with E-state index in [2.05, 4.69) is 0 Å². The molecular formula is C15H19FN2O3. The molecule has 2 rings (SSSR count). The summed E-state index contributed by atoms with van der Waals surface area (Å²) in [6.07, 6.45) is 1.39. The Labute approximate surface area is 123 Å². The summed E-state index contributed by atoms with van der Waals surface area (Å²) in [6.45, 7) is 1.14. The van der Waals surface area contributed by atoms with Crippen molar-refractivity contribution in [2.24, 2.45) is 0 Å². The van der Waals surface area contributed by atoms with Crippen molar-refractivity contribution in [2.45, 2.75) is 12.8 Å². The lowest BCUT2D eigenvalue weighted by molar-refractivity contribution is -0.128. The number of rotatable bonds is 5. The minimum absolute atomic E-state index is 0.0764. The van der Waals surface area contributed by atoms with Crippen LogP contribution in [-0.2, 0) is 9.53 Å². The number of carbonyl (C=O) groups is 2. The highest BCUT2D eigenvalue weighted by Gasteiger charge is 2.20. The van der Waals surface area contributed by atoms with Crippen molar-refractivity contribution in [3.63, 3.8) is 0 Å². The van der Waals surface area contributed by atoms with E-state index in [1.165, 1.54) is 12.1 Å². The number of carbonyl (C=O) groups excluding carboxylic acids is 2. The fraction of sp³-hybridized carbons (Fsp3) is 0.467. The zero-order valence-electron chi connectivity index (χ0n) is 12.3. The molecule has 0 atom stereocenters. The molecule has 0 unspecified atom stereocenters. The maximum absolute atomic E-state index is 13.9. The Kier molecular flexibility index (Phi) is 4.77. The predicted molar refractivity (Wildman–Crippen MR) is 76.8 cm³/mol. The highest BCUT2D eigenvalue weighted by Crippen LogP contribution is 2.17. The topological polar surface area (TPSA) is 49.9 Å². The lowest BCUT2D eigenvalue weighted by Crippen LogP contribution is -2.29. The second kappa shape index (κ2) is 6.56. The number of hydrogen-bond donors (Lipinski definition) is 0. The van der Waals surface area contributed by atoms with Crippen LogP contribution >= 0.6 is 0 Å². The fourth-order valence-corrected chi connectivity index (χ4v) is 2.21. The van der Waals surface area contributed by atoms with Crippen LogP contribution in [-0.4, -0.2) is 50.6 Å². The molecule has 0 bridgehead atoms. The second-order valence-electron chi connectivity index (χ2n) is 5.18. The van der Waals surface area contributed by atoms with Gasteiger partial charge in [0, 0.05) is 32.7 Å². The molecule has 6 heteroatoms. The highest BCUT2D eigenvalue weighted by molar-refractivity contribution is 5.90. The van der Waals surface area contributed by atoms with Gasteiger partial charge in [-0.25, -0.2) is 9.18 Å². The first-order chi connectivity index (χ1) is 9.99. The van der Waals surface area contributed by atoms with E-state index in [9.17, 15) is 14.0 Å². The Hall–Kier alpha value is -2.11. The van der Waals surface area contributed by atoms with Crippen molar-refractivity contribution in [1.82, 2.24) is 4.90 Å². The minimum atomic E-state index is -0.704. The van der Waals surface area contributed by atoms with Gasteiger partial charge in [0.1, 0.15) is 12.4 Å². The van der Waals surface area contributed by atoms with Crippen LogP contribution in [0.1, 0.15) is 23.2 Å². The quantitative estimate of drug-likeness (QED) is 0.775. The molecule has 1 amide bonds. The van der Waals surface area contributed by atoms with Crippen molar-refractivity contribution in [3.8, 4) is 0 Å². The lowest BCUT2D eigenvalue weighted by atomic mass is 10.2. The Morgan fingerprint density at radius 3 is 2.76 bits per heavy atom. The maximum Gasteiger partial charge on any atom is 0.341 e. The van der Waals surface area contributed by atoms with Gasteiger partial charge in [-0.15, -0.1) is 0 Å². The van der Waals surface area contributed by atoms with Gasteiger partial charge in [-0.05, 0) is 24.6 Å². The molecular weight excluding hydrogens is 275 g/mol. The largest absolute Gasteiger partial charge is 0.460 e. The molecule has 1 aliphatic rings. The maximum atomic E-state index is 13.9. The first-order valence-corrected chi connectivity index (χ1v) is 6.91. The van der Waals surface area contributed by atoms with Crippen molar-refractivity contribution >= 4 is 17.6 Å². The van der Waals surface area contributed by atoms with E-state index in [0.717, 1.165) is 6.42 Å². The molecule has 0 N–H and O–H groups in total. The number of benzene rings is 1. The van der Waals surface area contributed by atoms with E-state index >= 15 is 0 Å². The van der Waals surface area contributed by atoms with Gasteiger partial charge in [0.2, 0.25) is 5.91 Å². The molecule has 21 heavy (non-hydrogen) atoms. The van der Waals surface area contributed by atoms with Crippen LogP contribution in [0.3, 0.4) is 0 Å². The second-order valence-corrected chi connectivity index (χ2v) is 5.18. The third kappa shape index (κ3) is 3.71. The van der Waals surface area contributed by atoms with Crippen LogP contribution in [0.5, 0.6) is 0 Å². The molecule has 5 nitrogen and oxygen atoms in total. The number of ether oxygens (including phenoxy) is 1. The summed E-state index contributed by atoms with van der Waals surface area (Å²) in [5.41, 5.74) is 0.583. The molecule has 1 aromatic rings. The van der Waals surface area contributed by atoms with Crippen molar-refractivity contribution in [1.29, 1.82) is 0 Å². The number of esters is 1. The van der Waals surface area contributed by atoms with E-state index in [4.69, 9.17) is 4.74 Å². The first kappa shape index (κ1) is 15.3. The molecule has 0 spiro atoms. The van der Waals surface area contributed by atoms with Crippen molar-refractivity contribution in [2.75, 3.05) is 38.7 Å². The number of hydrogen-bond acceptors (Lipinski definition) is 4. The Bertz CT molecular complexity index is 546. The molecule has 0 saturated carbocycles. The molecule has 1 fully saturated rings. The van der Waals surface area contributed by atoms with E-state index < -0.39 is 11.8 Å². The Morgan fingerprint density at radius 1 is 1.43 bits per heavy atom. The van der Waals surface area contributed by atoms with Crippen LogP contribution in [0.25, 0.3) is 0 Å². The van der Waals surface area contributed by atoms with Gasteiger partial charge < -0.3 is 14.5 Å². The van der Waals surface area contributed by atoms with E-state index in [1.807, 2.05) is 0 Å². The number of halogens is 1. The molecule has 0 aliphatic carbocycles. The zero-order valence-corrected chi connectivity index (χ0v) is 12.3. The van der Waals surface area contributed by atoms with Crippen LogP contribution < -0.4 is 4.90 Å². The van der Waals surface area contributed by atoms with Gasteiger partial charge in [0.15, 0.2) is 0 Å². The van der Waals surface area contributed by atoms with Crippen LogP contribution in [0, 0.1) is 5.82 Å². The van der Waals surface area contributed by atoms with Gasteiger partial charge in [0.05, 0.1) is 12.1 Å². The molecule has 114 valence electrons. The predicted octanol–water partition coefficient (Wildman–Crippen LogP) is 1.67. The van der Waals surface area contributed by atoms with Gasteiger partial charge >= 0.3 is 5.97 Å². The summed E-state index contributed by atoms with van der Waals surface area (Å²) in [5, 5.41) is 0. The summed E-state index contributed by atoms with van der Waals surface area (Å²) in [4.78, 5) is 26.6. The highest BCUT2D eigenvalue weighted by atomic mass is 19.1. The summed E-state index contributed by atoms with van der Waals surface area (Å²) < 4.78 is 18.9. The number of amides is 1. The average molecular weight is 294 g/mol. The average Bonchev–Trinajstić information content (AvgIpc) is 2.84. The van der Waals surface area contributed by atoms with Gasteiger partial charge in [-0.2, -0.15) is 0 Å². The summed E-state index contributed by atoms with van der Waals surface area (Å²) in [6, 6.07) is 4.36. The van der Waals surface area contributed by atoms with Gasteiger partial charge in [-0.3, -0.25) is 4.79 Å². The normalized spacial score (nSPS) is 14.4. The van der Waals surface area contributed by atoms with E-state index in [0.29, 0.717) is 25.2 Å². The number of anilines is 1. The molecule has 0 aromatic heterocycles. The number of likely N-dealkylation sites (tertiary alicyclic amines) is 1. The summed E-state index contributed by atoms with van der Waals surface area (Å²) in [5.74, 6) is -1.24. The molecule has 1 heterocycles. The van der Waals surface area contributed by atoms with Crippen LogP contribution in [0.2, 0.25) is 0 Å². The molecule has 1 aliphatic heterocycles. The third-order valence-electron chi connectivity index (χ3n) is 3.45. The summed E-state index contributed by atoms with van der Waals surface area (Å²) >= 11 is 0. The first-order valence-electron chi connectivity index (χ1n) is 6.91. The fourth-order valence-electron chi connectivity index (χ4n) is 2.21. The molecule has 1 aromatic carbocycles. The molecule has 1 saturated heterocycles.